The summed E-state index contributed by atoms with van der Waals surface area (Å²) in [4.78, 5) is 13.4. The second-order valence-electron chi connectivity index (χ2n) is 6.30. The molecule has 4 nitrogen and oxygen atoms in total. The van der Waals surface area contributed by atoms with Crippen LogP contribution in [0.4, 0.5) is 0 Å². The second kappa shape index (κ2) is 7.96. The Hall–Kier alpha value is -2.26. The van der Waals surface area contributed by atoms with Crippen LogP contribution in [0.15, 0.2) is 59.5 Å². The fraction of sp³-hybridized carbons (Fsp3) is 0.286. The number of terminal acetylenes is 1. The molecule has 5 heteroatoms. The first kappa shape index (κ1) is 18.5. The third-order valence-corrected chi connectivity index (χ3v) is 5.37. The van der Waals surface area contributed by atoms with E-state index < -0.39 is 17.9 Å². The van der Waals surface area contributed by atoms with E-state index in [1.807, 2.05) is 37.3 Å². The van der Waals surface area contributed by atoms with Gasteiger partial charge in [0.2, 0.25) is 6.29 Å². The zero-order valence-corrected chi connectivity index (χ0v) is 15.2. The van der Waals surface area contributed by atoms with Crippen LogP contribution in [0.1, 0.15) is 22.3 Å². The Morgan fingerprint density at radius 1 is 1.27 bits per heavy atom. The zero-order valence-electron chi connectivity index (χ0n) is 14.4. The number of esters is 1. The number of hydrogen-bond acceptors (Lipinski definition) is 5. The van der Waals surface area contributed by atoms with Crippen molar-refractivity contribution in [3.8, 4) is 12.3 Å². The molecule has 0 aromatic heterocycles. The third kappa shape index (κ3) is 4.47. The molecular formula is C21H20O4S. The average molecular weight is 368 g/mol. The highest BCUT2D eigenvalue weighted by Gasteiger charge is 2.42. The minimum Gasteiger partial charge on any atom is -0.431 e. The molecule has 0 bridgehead atoms. The fourth-order valence-corrected chi connectivity index (χ4v) is 3.91. The summed E-state index contributed by atoms with van der Waals surface area (Å²) in [6.45, 7) is 1.95. The Balaban J connectivity index is 1.76. The molecule has 3 rings (SSSR count). The number of hydrogen-bond donors (Lipinski definition) is 1. The highest BCUT2D eigenvalue weighted by molar-refractivity contribution is 8.00. The summed E-state index contributed by atoms with van der Waals surface area (Å²) in [5.74, 6) is 1.93. The Kier molecular flexibility index (Phi) is 5.67. The summed E-state index contributed by atoms with van der Waals surface area (Å²) in [6.07, 6.45) is 4.94. The van der Waals surface area contributed by atoms with Gasteiger partial charge in [-0.2, -0.15) is 0 Å². The van der Waals surface area contributed by atoms with Gasteiger partial charge >= 0.3 is 5.97 Å². The van der Waals surface area contributed by atoms with Crippen LogP contribution in [-0.2, 0) is 9.47 Å². The second-order valence-corrected chi connectivity index (χ2v) is 7.61. The molecule has 0 aliphatic carbocycles. The molecule has 1 saturated heterocycles. The largest absolute Gasteiger partial charge is 0.431 e. The standard InChI is InChI=1S/C21H20O4S/c1-3-21(23)13-18(26-17-11-9-15(2)10-12-17)20(24-14-21)25-19(22)16-7-5-4-6-8-16/h1,4-12,18,20,23H,13-14H2,2H3/t18-,20+,21+/m1/s1. The van der Waals surface area contributed by atoms with Gasteiger partial charge in [0, 0.05) is 11.3 Å². The van der Waals surface area contributed by atoms with E-state index in [0.29, 0.717) is 5.56 Å². The monoisotopic (exact) mass is 368 g/mol. The maximum absolute atomic E-state index is 12.4. The number of benzene rings is 2. The van der Waals surface area contributed by atoms with Crippen LogP contribution in [0, 0.1) is 19.3 Å². The van der Waals surface area contributed by atoms with Gasteiger partial charge in [-0.3, -0.25) is 0 Å². The van der Waals surface area contributed by atoms with Crippen LogP contribution in [0.3, 0.4) is 0 Å². The van der Waals surface area contributed by atoms with Gasteiger partial charge in [-0.05, 0) is 31.2 Å². The van der Waals surface area contributed by atoms with Crippen molar-refractivity contribution in [3.05, 3.63) is 65.7 Å². The van der Waals surface area contributed by atoms with E-state index >= 15 is 0 Å². The molecule has 3 atom stereocenters. The Morgan fingerprint density at radius 3 is 2.62 bits per heavy atom. The van der Waals surface area contributed by atoms with Crippen LogP contribution < -0.4 is 0 Å². The average Bonchev–Trinajstić information content (AvgIpc) is 2.66. The molecule has 0 spiro atoms. The number of thioether (sulfide) groups is 1. The minimum atomic E-state index is -1.36. The number of carbonyl (C=O) groups excluding carboxylic acids is 1. The summed E-state index contributed by atoms with van der Waals surface area (Å²) in [7, 11) is 0. The fourth-order valence-electron chi connectivity index (χ4n) is 2.66. The van der Waals surface area contributed by atoms with E-state index in [-0.39, 0.29) is 18.3 Å². The molecule has 2 aromatic rings. The normalized spacial score (nSPS) is 25.3. The SMILES string of the molecule is C#C[C@@]1(O)CO[C@@H](OC(=O)c2ccccc2)[C@H](Sc2ccc(C)cc2)C1. The van der Waals surface area contributed by atoms with Crippen molar-refractivity contribution in [2.24, 2.45) is 0 Å². The van der Waals surface area contributed by atoms with Crippen LogP contribution in [0.2, 0.25) is 0 Å². The molecule has 1 aliphatic rings. The van der Waals surface area contributed by atoms with Gasteiger partial charge in [-0.1, -0.05) is 41.8 Å². The lowest BCUT2D eigenvalue weighted by Gasteiger charge is -2.37. The number of aliphatic hydroxyl groups is 1. The first-order valence-electron chi connectivity index (χ1n) is 8.30. The molecule has 1 N–H and O–H groups in total. The van der Waals surface area contributed by atoms with Crippen LogP contribution in [0.5, 0.6) is 0 Å². The molecule has 26 heavy (non-hydrogen) atoms. The lowest BCUT2D eigenvalue weighted by Crippen LogP contribution is -2.49. The van der Waals surface area contributed by atoms with Crippen LogP contribution >= 0.6 is 11.8 Å². The smallest absolute Gasteiger partial charge is 0.340 e. The molecule has 0 amide bonds. The van der Waals surface area contributed by atoms with Gasteiger partial charge < -0.3 is 14.6 Å². The highest BCUT2D eigenvalue weighted by Crippen LogP contribution is 2.36. The summed E-state index contributed by atoms with van der Waals surface area (Å²) < 4.78 is 11.2. The van der Waals surface area contributed by atoms with Gasteiger partial charge in [0.1, 0.15) is 5.60 Å². The summed E-state index contributed by atoms with van der Waals surface area (Å²) in [5.41, 5.74) is 0.243. The molecule has 134 valence electrons. The van der Waals surface area contributed by atoms with Crippen molar-refractivity contribution in [2.45, 2.75) is 35.4 Å². The molecule has 0 saturated carbocycles. The van der Waals surface area contributed by atoms with Crippen molar-refractivity contribution >= 4 is 17.7 Å². The summed E-state index contributed by atoms with van der Waals surface area (Å²) >= 11 is 1.48. The molecule has 2 aromatic carbocycles. The van der Waals surface area contributed by atoms with E-state index in [4.69, 9.17) is 15.9 Å². The molecule has 1 fully saturated rings. The van der Waals surface area contributed by atoms with Crippen LogP contribution in [0.25, 0.3) is 0 Å². The quantitative estimate of drug-likeness (QED) is 0.662. The van der Waals surface area contributed by atoms with Gasteiger partial charge in [0.25, 0.3) is 0 Å². The van der Waals surface area contributed by atoms with E-state index in [9.17, 15) is 9.90 Å². The van der Waals surface area contributed by atoms with Crippen molar-refractivity contribution in [1.29, 1.82) is 0 Å². The maximum atomic E-state index is 12.4. The molecule has 0 unspecified atom stereocenters. The van der Waals surface area contributed by atoms with Crippen LogP contribution in [-0.4, -0.2) is 34.8 Å². The van der Waals surface area contributed by atoms with Crippen molar-refractivity contribution in [1.82, 2.24) is 0 Å². The van der Waals surface area contributed by atoms with Gasteiger partial charge in [0.15, 0.2) is 0 Å². The van der Waals surface area contributed by atoms with Crippen molar-refractivity contribution in [3.63, 3.8) is 0 Å². The Bertz CT molecular complexity index is 797. The predicted octanol–water partition coefficient (Wildman–Crippen LogP) is 3.42. The van der Waals surface area contributed by atoms with Crippen molar-refractivity contribution in [2.75, 3.05) is 6.61 Å². The number of aryl methyl sites for hydroxylation is 1. The molecule has 1 aliphatic heterocycles. The highest BCUT2D eigenvalue weighted by atomic mass is 32.2. The van der Waals surface area contributed by atoms with Gasteiger partial charge in [-0.25, -0.2) is 4.79 Å². The van der Waals surface area contributed by atoms with E-state index in [2.05, 4.69) is 5.92 Å². The molecule has 1 heterocycles. The third-order valence-electron chi connectivity index (χ3n) is 4.14. The van der Waals surface area contributed by atoms with Gasteiger partial charge in [-0.15, -0.1) is 18.2 Å². The minimum absolute atomic E-state index is 0.0683. The van der Waals surface area contributed by atoms with E-state index in [0.717, 1.165) is 10.5 Å². The topological polar surface area (TPSA) is 55.8 Å². The lowest BCUT2D eigenvalue weighted by atomic mass is 9.97. The van der Waals surface area contributed by atoms with E-state index in [1.165, 1.54) is 11.8 Å². The van der Waals surface area contributed by atoms with E-state index in [1.54, 1.807) is 24.3 Å². The Morgan fingerprint density at radius 2 is 1.96 bits per heavy atom. The number of carbonyl (C=O) groups is 1. The van der Waals surface area contributed by atoms with Gasteiger partial charge in [0.05, 0.1) is 17.4 Å². The lowest BCUT2D eigenvalue weighted by molar-refractivity contribution is -0.172. The predicted molar refractivity (Wildman–Crippen MR) is 101 cm³/mol. The number of ether oxygens (including phenoxy) is 2. The summed E-state index contributed by atoms with van der Waals surface area (Å²) in [6, 6.07) is 16.7. The first-order valence-corrected chi connectivity index (χ1v) is 9.18. The van der Waals surface area contributed by atoms with Crippen molar-refractivity contribution < 1.29 is 19.4 Å². The Labute approximate surface area is 157 Å². The summed E-state index contributed by atoms with van der Waals surface area (Å²) in [5, 5.41) is 10.1. The first-order chi connectivity index (χ1) is 12.5. The number of rotatable bonds is 4. The maximum Gasteiger partial charge on any atom is 0.340 e. The zero-order chi connectivity index (χ0) is 18.6. The molecular weight excluding hydrogens is 348 g/mol. The molecule has 0 radical (unpaired) electrons.